The molecule has 0 saturated heterocycles. The molecule has 2 heteroatoms. The Morgan fingerprint density at radius 1 is 0.645 bits per heavy atom. The molecule has 31 heavy (non-hydrogen) atoms. The second-order valence-electron chi connectivity index (χ2n) is 6.27. The molecule has 0 aromatic heterocycles. The van der Waals surface area contributed by atoms with Gasteiger partial charge in [0.25, 0.3) is 0 Å². The van der Waals surface area contributed by atoms with Gasteiger partial charge >= 0.3 is 43.4 Å². The minimum absolute atomic E-state index is 0. The van der Waals surface area contributed by atoms with E-state index in [4.69, 9.17) is 0 Å². The third-order valence-electron chi connectivity index (χ3n) is 4.17. The predicted octanol–water partition coefficient (Wildman–Crippen LogP) is 9.27. The summed E-state index contributed by atoms with van der Waals surface area (Å²) in [7, 11) is 0. The molecule has 4 rings (SSSR count). The third kappa shape index (κ3) is 12.6. The van der Waals surface area contributed by atoms with Gasteiger partial charge in [-0.2, -0.15) is 26.0 Å². The van der Waals surface area contributed by atoms with Gasteiger partial charge in [-0.05, 0) is 12.8 Å². The number of hydrogen-bond donors (Lipinski definition) is 0. The van der Waals surface area contributed by atoms with E-state index in [1.807, 2.05) is 20.3 Å². The van der Waals surface area contributed by atoms with Crippen molar-refractivity contribution in [2.75, 3.05) is 0 Å². The molecule has 0 amide bonds. The van der Waals surface area contributed by atoms with Crippen LogP contribution in [0.4, 0.5) is 0 Å². The molecule has 0 nitrogen and oxygen atoms in total. The Balaban J connectivity index is -0.000000110. The molecule has 0 aliphatic heterocycles. The first kappa shape index (κ1) is 40.4. The molecule has 0 saturated carbocycles. The standard InChI is InChI=1S/2C11H11.C3H7.4CH3.2Ti/c2*1-2-9-7-10-5-3-4-6-11(10)8-9;1-3-2;;;;;;/h2*3-8H,2H2,1H3;3H,1-2H3;4*1H3;;/q7*-1;+3;+4. The van der Waals surface area contributed by atoms with Crippen LogP contribution in [-0.4, -0.2) is 0 Å². The van der Waals surface area contributed by atoms with Crippen LogP contribution < -0.4 is 0 Å². The second kappa shape index (κ2) is 22.3. The molecule has 0 heterocycles. The van der Waals surface area contributed by atoms with Gasteiger partial charge in [0, 0.05) is 0 Å². The van der Waals surface area contributed by atoms with E-state index in [0.717, 1.165) is 12.8 Å². The van der Waals surface area contributed by atoms with Crippen molar-refractivity contribution in [3.63, 3.8) is 0 Å². The zero-order chi connectivity index (χ0) is 18.1. The van der Waals surface area contributed by atoms with Gasteiger partial charge in [0.2, 0.25) is 0 Å². The van der Waals surface area contributed by atoms with Crippen LogP contribution in [0.15, 0.2) is 72.8 Å². The predicted molar refractivity (Wildman–Crippen MR) is 139 cm³/mol. The van der Waals surface area contributed by atoms with Gasteiger partial charge in [-0.3, -0.25) is 0 Å². The number of hydrogen-bond acceptors (Lipinski definition) is 0. The monoisotopic (exact) mass is 485 g/mol. The zero-order valence-corrected chi connectivity index (χ0v) is 24.0. The summed E-state index contributed by atoms with van der Waals surface area (Å²) in [5.41, 5.74) is 2.87. The number of aryl methyl sites for hydroxylation is 2. The Bertz CT molecular complexity index is 744. The van der Waals surface area contributed by atoms with Crippen LogP contribution in [0, 0.1) is 36.1 Å². The van der Waals surface area contributed by atoms with Crippen molar-refractivity contribution in [3.05, 3.63) is 120 Å². The molecule has 1 radical (unpaired) electrons. The molecule has 165 valence electrons. The average molecular weight is 485 g/mol. The minimum atomic E-state index is 0. The Labute approximate surface area is 224 Å². The molecule has 0 aliphatic rings. The summed E-state index contributed by atoms with van der Waals surface area (Å²) < 4.78 is 0. The van der Waals surface area contributed by atoms with Crippen molar-refractivity contribution < 1.29 is 43.4 Å². The first-order valence-electron chi connectivity index (χ1n) is 9.24. The number of fused-ring (bicyclic) bond motifs is 2. The van der Waals surface area contributed by atoms with Gasteiger partial charge in [0.05, 0.1) is 0 Å². The molecule has 0 atom stereocenters. The Kier molecular flexibility index (Phi) is 29.1. The van der Waals surface area contributed by atoms with Crippen LogP contribution in [0.1, 0.15) is 38.8 Å². The van der Waals surface area contributed by atoms with Gasteiger partial charge in [0.15, 0.2) is 0 Å². The van der Waals surface area contributed by atoms with Gasteiger partial charge in [0.1, 0.15) is 0 Å². The Morgan fingerprint density at radius 3 is 1.19 bits per heavy atom. The van der Waals surface area contributed by atoms with E-state index in [9.17, 15) is 0 Å². The quantitative estimate of drug-likeness (QED) is 0.196. The fourth-order valence-electron chi connectivity index (χ4n) is 2.84. The van der Waals surface area contributed by atoms with E-state index in [2.05, 4.69) is 86.6 Å². The largest absolute Gasteiger partial charge is 4.00 e. The molecular weight excluding hydrogens is 444 g/mol. The normalized spacial score (nSPS) is 8.13. The fourth-order valence-corrected chi connectivity index (χ4v) is 2.84. The summed E-state index contributed by atoms with van der Waals surface area (Å²) in [6.07, 6.45) is 4.27. The molecule has 0 spiro atoms. The van der Waals surface area contributed by atoms with Gasteiger partial charge < -0.3 is 36.1 Å². The minimum Gasteiger partial charge on any atom is -0.358 e. The van der Waals surface area contributed by atoms with Crippen molar-refractivity contribution in [3.8, 4) is 0 Å². The second-order valence-corrected chi connectivity index (χ2v) is 6.27. The average Bonchev–Trinajstić information content (AvgIpc) is 3.26. The van der Waals surface area contributed by atoms with Crippen LogP contribution in [0.5, 0.6) is 0 Å². The molecule has 0 N–H and O–H groups in total. The van der Waals surface area contributed by atoms with E-state index in [1.54, 1.807) is 0 Å². The Morgan fingerprint density at radius 2 is 0.935 bits per heavy atom. The maximum atomic E-state index is 2.26. The third-order valence-corrected chi connectivity index (χ3v) is 4.17. The van der Waals surface area contributed by atoms with Gasteiger partial charge in [-0.1, -0.05) is 26.0 Å². The first-order valence-corrected chi connectivity index (χ1v) is 9.24. The van der Waals surface area contributed by atoms with E-state index in [1.165, 1.54) is 32.7 Å². The molecule has 0 unspecified atom stereocenters. The summed E-state index contributed by atoms with van der Waals surface area (Å²) in [5.74, 6) is 0. The van der Waals surface area contributed by atoms with Crippen LogP contribution in [0.2, 0.25) is 0 Å². The number of rotatable bonds is 2. The summed E-state index contributed by atoms with van der Waals surface area (Å²) in [6.45, 7) is 8.38. The summed E-state index contributed by atoms with van der Waals surface area (Å²) in [6, 6.07) is 26.0. The van der Waals surface area contributed by atoms with Crippen LogP contribution in [0.25, 0.3) is 21.5 Å². The fraction of sp³-hybridized carbons (Fsp3) is 0.207. The van der Waals surface area contributed by atoms with Gasteiger partial charge in [-0.15, -0.1) is 81.2 Å². The summed E-state index contributed by atoms with van der Waals surface area (Å²) in [5, 5.41) is 5.46. The number of benzene rings is 2. The zero-order valence-electron chi connectivity index (χ0n) is 20.9. The SMILES string of the molecule is CCc1cc2ccccc2[cH-]1.CCc1cc2ccccc2[cH-]1.C[CH-]C.[CH3-].[CH3-].[CH3-].[CH3-].[Ti+3].[Ti+4]. The molecule has 4 aromatic carbocycles. The van der Waals surface area contributed by atoms with E-state index >= 15 is 0 Å². The molecular formula is C29H41Ti2. The molecule has 0 aliphatic carbocycles. The van der Waals surface area contributed by atoms with Crippen molar-refractivity contribution in [1.29, 1.82) is 0 Å². The van der Waals surface area contributed by atoms with Crippen molar-refractivity contribution >= 4 is 21.5 Å². The topological polar surface area (TPSA) is 0 Å². The maximum absolute atomic E-state index is 2.26. The molecule has 4 aromatic rings. The summed E-state index contributed by atoms with van der Waals surface area (Å²) >= 11 is 0. The van der Waals surface area contributed by atoms with E-state index < -0.39 is 0 Å². The van der Waals surface area contributed by atoms with Gasteiger partial charge in [-0.25, -0.2) is 0 Å². The summed E-state index contributed by atoms with van der Waals surface area (Å²) in [4.78, 5) is 0. The van der Waals surface area contributed by atoms with Crippen molar-refractivity contribution in [1.82, 2.24) is 0 Å². The van der Waals surface area contributed by atoms with Crippen LogP contribution in [-0.2, 0) is 56.3 Å². The smallest absolute Gasteiger partial charge is 0.358 e. The van der Waals surface area contributed by atoms with E-state index in [-0.39, 0.29) is 73.1 Å². The van der Waals surface area contributed by atoms with Crippen LogP contribution >= 0.6 is 0 Å². The van der Waals surface area contributed by atoms with Crippen molar-refractivity contribution in [2.45, 2.75) is 40.5 Å². The van der Waals surface area contributed by atoms with Crippen LogP contribution in [0.3, 0.4) is 0 Å². The first-order chi connectivity index (χ1) is 12.2. The van der Waals surface area contributed by atoms with Crippen molar-refractivity contribution in [2.24, 2.45) is 0 Å². The van der Waals surface area contributed by atoms with E-state index in [0.29, 0.717) is 0 Å². The molecule has 0 bridgehead atoms. The maximum Gasteiger partial charge on any atom is 4.00 e. The Hall–Kier alpha value is -0.911. The molecule has 0 fully saturated rings.